The molecule has 0 saturated carbocycles. The van der Waals surface area contributed by atoms with Crippen molar-refractivity contribution >= 4 is 11.9 Å². The molecule has 2 heterocycles. The number of benzene rings is 1. The maximum Gasteiger partial charge on any atom is 0.490 e. The van der Waals surface area contributed by atoms with Gasteiger partial charge in [-0.25, -0.2) is 4.79 Å². The molecular formula is C24H33F3N2O4. The molecule has 33 heavy (non-hydrogen) atoms. The molecule has 1 aromatic rings. The molecule has 6 nitrogen and oxygen atoms in total. The van der Waals surface area contributed by atoms with Crippen LogP contribution in [0.2, 0.25) is 0 Å². The molecule has 1 aromatic carbocycles. The molecule has 2 saturated heterocycles. The van der Waals surface area contributed by atoms with Gasteiger partial charge in [-0.3, -0.25) is 4.79 Å². The number of likely N-dealkylation sites (tertiary alicyclic amines) is 2. The number of rotatable bonds is 5. The topological polar surface area (TPSA) is 70.1 Å². The van der Waals surface area contributed by atoms with Crippen molar-refractivity contribution in [2.75, 3.05) is 46.4 Å². The van der Waals surface area contributed by atoms with Crippen LogP contribution < -0.4 is 0 Å². The number of carbonyl (C=O) groups excluding carboxylic acids is 1. The van der Waals surface area contributed by atoms with Gasteiger partial charge in [0.1, 0.15) is 0 Å². The average Bonchev–Trinajstić information content (AvgIpc) is 3.45. The highest BCUT2D eigenvalue weighted by Crippen LogP contribution is 2.44. The minimum absolute atomic E-state index is 0.250. The van der Waals surface area contributed by atoms with Crippen molar-refractivity contribution in [2.45, 2.75) is 38.8 Å². The second-order valence-electron chi connectivity index (χ2n) is 9.46. The Kier molecular flexibility index (Phi) is 8.05. The molecule has 1 N–H and O–H groups in total. The van der Waals surface area contributed by atoms with Crippen LogP contribution in [0.25, 0.3) is 0 Å². The number of amides is 1. The van der Waals surface area contributed by atoms with Gasteiger partial charge in [0.05, 0.1) is 6.61 Å². The van der Waals surface area contributed by atoms with Crippen LogP contribution in [0.4, 0.5) is 13.2 Å². The fourth-order valence-corrected chi connectivity index (χ4v) is 5.56. The highest BCUT2D eigenvalue weighted by atomic mass is 19.4. The quantitative estimate of drug-likeness (QED) is 0.716. The summed E-state index contributed by atoms with van der Waals surface area (Å²) in [4.78, 5) is 26.6. The summed E-state index contributed by atoms with van der Waals surface area (Å²) in [6.07, 6.45) is -1.11. The van der Waals surface area contributed by atoms with Gasteiger partial charge in [-0.2, -0.15) is 13.2 Å². The molecular weight excluding hydrogens is 437 g/mol. The minimum atomic E-state index is -5.08. The Labute approximate surface area is 192 Å². The highest BCUT2D eigenvalue weighted by molar-refractivity contribution is 5.77. The third-order valence-corrected chi connectivity index (χ3v) is 7.28. The molecule has 0 unspecified atom stereocenters. The van der Waals surface area contributed by atoms with E-state index in [4.69, 9.17) is 14.6 Å². The van der Waals surface area contributed by atoms with Crippen molar-refractivity contribution < 1.29 is 32.6 Å². The summed E-state index contributed by atoms with van der Waals surface area (Å²) >= 11 is 0. The zero-order valence-corrected chi connectivity index (χ0v) is 19.2. The van der Waals surface area contributed by atoms with E-state index in [1.54, 1.807) is 7.11 Å². The number of hydrogen-bond acceptors (Lipinski definition) is 4. The van der Waals surface area contributed by atoms with Gasteiger partial charge in [-0.1, -0.05) is 31.2 Å². The van der Waals surface area contributed by atoms with Crippen LogP contribution in [0.5, 0.6) is 0 Å². The fraction of sp³-hybridized carbons (Fsp3) is 0.667. The van der Waals surface area contributed by atoms with E-state index in [0.717, 1.165) is 58.6 Å². The van der Waals surface area contributed by atoms with Gasteiger partial charge in [0.25, 0.3) is 0 Å². The molecule has 4 rings (SSSR count). The van der Waals surface area contributed by atoms with E-state index in [1.807, 2.05) is 0 Å². The monoisotopic (exact) mass is 470 g/mol. The molecule has 1 amide bonds. The van der Waals surface area contributed by atoms with Crippen LogP contribution in [0.1, 0.15) is 30.9 Å². The van der Waals surface area contributed by atoms with Crippen molar-refractivity contribution in [3.63, 3.8) is 0 Å². The van der Waals surface area contributed by atoms with E-state index in [-0.39, 0.29) is 5.41 Å². The largest absolute Gasteiger partial charge is 0.490 e. The Morgan fingerprint density at radius 3 is 2.30 bits per heavy atom. The molecule has 0 bridgehead atoms. The smallest absolute Gasteiger partial charge is 0.475 e. The van der Waals surface area contributed by atoms with E-state index in [0.29, 0.717) is 24.2 Å². The molecule has 3 aliphatic rings. The summed E-state index contributed by atoms with van der Waals surface area (Å²) in [5.74, 6) is -1.35. The molecule has 2 fully saturated rings. The van der Waals surface area contributed by atoms with Gasteiger partial charge in [0.15, 0.2) is 0 Å². The van der Waals surface area contributed by atoms with Crippen LogP contribution in [0.15, 0.2) is 24.3 Å². The molecule has 2 atom stereocenters. The summed E-state index contributed by atoms with van der Waals surface area (Å²) in [5.41, 5.74) is 3.14. The fourth-order valence-electron chi connectivity index (χ4n) is 5.56. The first-order valence-electron chi connectivity index (χ1n) is 11.4. The van der Waals surface area contributed by atoms with E-state index < -0.39 is 12.1 Å². The maximum absolute atomic E-state index is 13.0. The summed E-state index contributed by atoms with van der Waals surface area (Å²) in [5, 5.41) is 7.12. The number of alkyl halides is 3. The van der Waals surface area contributed by atoms with Gasteiger partial charge in [0, 0.05) is 51.0 Å². The first kappa shape index (κ1) is 25.5. The van der Waals surface area contributed by atoms with Gasteiger partial charge in [-0.15, -0.1) is 0 Å². The molecule has 0 radical (unpaired) electrons. The number of aliphatic carboxylic acids is 1. The highest BCUT2D eigenvalue weighted by Gasteiger charge is 2.50. The van der Waals surface area contributed by atoms with E-state index in [2.05, 4.69) is 41.0 Å². The number of nitrogens with zero attached hydrogens (tertiary/aromatic N) is 2. The van der Waals surface area contributed by atoms with Crippen molar-refractivity contribution in [3.8, 4) is 0 Å². The normalized spacial score (nSPS) is 25.2. The van der Waals surface area contributed by atoms with Gasteiger partial charge in [0.2, 0.25) is 5.91 Å². The van der Waals surface area contributed by atoms with Gasteiger partial charge in [-0.05, 0) is 42.9 Å². The summed E-state index contributed by atoms with van der Waals surface area (Å²) < 4.78 is 37.3. The Balaban J connectivity index is 0.000000383. The summed E-state index contributed by atoms with van der Waals surface area (Å²) in [6.45, 7) is 8.23. The van der Waals surface area contributed by atoms with Crippen LogP contribution in [0, 0.1) is 17.3 Å². The SMILES string of the molecule is CCN1C[C@@H](COC)[C@]2(CCN(C(=O)CC3Cc4ccccc4C3)C2)C1.O=C(O)C(F)(F)F. The Bertz CT molecular complexity index is 822. The third kappa shape index (κ3) is 6.06. The number of methoxy groups -OCH3 is 1. The number of halogens is 3. The van der Waals surface area contributed by atoms with E-state index >= 15 is 0 Å². The van der Waals surface area contributed by atoms with Crippen molar-refractivity contribution in [3.05, 3.63) is 35.4 Å². The standard InChI is InChI=1S/C22H32N2O2.C2HF3O2/c1-3-23-13-20(14-26-2)22(15-23)8-9-24(16-22)21(25)12-17-10-18-6-4-5-7-19(18)11-17;3-2(4,5)1(6)7/h4-7,17,20H,3,8-16H2,1-2H3;(H,6,7)/t20-,22+;/m0./s1. The van der Waals surface area contributed by atoms with Crippen LogP contribution in [0.3, 0.4) is 0 Å². The van der Waals surface area contributed by atoms with Crippen molar-refractivity contribution in [2.24, 2.45) is 17.3 Å². The molecule has 1 spiro atoms. The first-order valence-corrected chi connectivity index (χ1v) is 11.4. The maximum atomic E-state index is 13.0. The summed E-state index contributed by atoms with van der Waals surface area (Å²) in [7, 11) is 1.80. The Hall–Kier alpha value is -2.13. The molecule has 2 aliphatic heterocycles. The van der Waals surface area contributed by atoms with Crippen LogP contribution in [-0.2, 0) is 27.2 Å². The molecule has 0 aromatic heterocycles. The molecule has 9 heteroatoms. The predicted octanol–water partition coefficient (Wildman–Crippen LogP) is 3.24. The van der Waals surface area contributed by atoms with Gasteiger partial charge < -0.3 is 19.6 Å². The lowest BCUT2D eigenvalue weighted by Gasteiger charge is -2.30. The number of carbonyl (C=O) groups is 2. The first-order chi connectivity index (χ1) is 15.6. The van der Waals surface area contributed by atoms with E-state index in [1.165, 1.54) is 11.1 Å². The average molecular weight is 471 g/mol. The lowest BCUT2D eigenvalue weighted by atomic mass is 9.77. The lowest BCUT2D eigenvalue weighted by molar-refractivity contribution is -0.192. The second-order valence-corrected chi connectivity index (χ2v) is 9.46. The summed E-state index contributed by atoms with van der Waals surface area (Å²) in [6, 6.07) is 8.67. The number of ether oxygens (including phenoxy) is 1. The Morgan fingerprint density at radius 2 is 1.79 bits per heavy atom. The second kappa shape index (κ2) is 10.4. The van der Waals surface area contributed by atoms with Gasteiger partial charge >= 0.3 is 12.1 Å². The van der Waals surface area contributed by atoms with Crippen molar-refractivity contribution in [1.29, 1.82) is 0 Å². The Morgan fingerprint density at radius 1 is 1.18 bits per heavy atom. The zero-order chi connectivity index (χ0) is 24.2. The van der Waals surface area contributed by atoms with Crippen LogP contribution in [-0.4, -0.2) is 79.4 Å². The van der Waals surface area contributed by atoms with Crippen molar-refractivity contribution in [1.82, 2.24) is 9.80 Å². The van der Waals surface area contributed by atoms with Crippen LogP contribution >= 0.6 is 0 Å². The van der Waals surface area contributed by atoms with E-state index in [9.17, 15) is 18.0 Å². The number of hydrogen-bond donors (Lipinski definition) is 1. The minimum Gasteiger partial charge on any atom is -0.475 e. The third-order valence-electron chi connectivity index (χ3n) is 7.28. The lowest BCUT2D eigenvalue weighted by Crippen LogP contribution is -2.38. The number of fused-ring (bicyclic) bond motifs is 1. The number of carboxylic acid groups (broad SMARTS) is 1. The number of carboxylic acids is 1. The predicted molar refractivity (Wildman–Crippen MR) is 117 cm³/mol. The molecule has 184 valence electrons. The zero-order valence-electron chi connectivity index (χ0n) is 19.2. The molecule has 1 aliphatic carbocycles.